The average molecular weight is 737 g/mol. The van der Waals surface area contributed by atoms with Gasteiger partial charge in [-0.2, -0.15) is 0 Å². The number of fused-ring (bicyclic) bond motifs is 6. The van der Waals surface area contributed by atoms with Crippen LogP contribution in [0.4, 0.5) is 11.4 Å². The van der Waals surface area contributed by atoms with Crippen LogP contribution >= 0.6 is 11.3 Å². The first-order chi connectivity index (χ1) is 27.7. The van der Waals surface area contributed by atoms with E-state index in [1.165, 1.54) is 53.8 Å². The molecule has 8 aromatic rings. The Labute approximate surface area is 330 Å². The molecule has 266 valence electrons. The highest BCUT2D eigenvalue weighted by atomic mass is 32.1. The maximum atomic E-state index is 5.07. The second kappa shape index (κ2) is 13.6. The summed E-state index contributed by atoms with van der Waals surface area (Å²) < 4.78 is 2.67. The molecular formula is C51H36N4S. The van der Waals surface area contributed by atoms with Gasteiger partial charge in [0.25, 0.3) is 0 Å². The van der Waals surface area contributed by atoms with E-state index in [9.17, 15) is 0 Å². The lowest BCUT2D eigenvalue weighted by Crippen LogP contribution is -2.15. The number of aromatic nitrogens is 3. The zero-order valence-corrected chi connectivity index (χ0v) is 31.4. The molecule has 2 atom stereocenters. The number of anilines is 2. The summed E-state index contributed by atoms with van der Waals surface area (Å²) in [6.45, 7) is 0. The van der Waals surface area contributed by atoms with Crippen LogP contribution in [0.1, 0.15) is 41.4 Å². The molecule has 6 aromatic carbocycles. The van der Waals surface area contributed by atoms with E-state index in [-0.39, 0.29) is 5.92 Å². The Morgan fingerprint density at radius 1 is 0.554 bits per heavy atom. The van der Waals surface area contributed by atoms with Crippen LogP contribution < -0.4 is 4.90 Å². The first kappa shape index (κ1) is 32.7. The number of allylic oxidation sites excluding steroid dienone is 8. The Morgan fingerprint density at radius 2 is 1.20 bits per heavy atom. The fourth-order valence-corrected chi connectivity index (χ4v) is 9.61. The summed E-state index contributed by atoms with van der Waals surface area (Å²) in [6.07, 6.45) is 15.8. The number of rotatable bonds is 6. The van der Waals surface area contributed by atoms with Crippen molar-refractivity contribution in [2.45, 2.75) is 24.7 Å². The lowest BCUT2D eigenvalue weighted by atomic mass is 9.87. The van der Waals surface area contributed by atoms with E-state index in [0.717, 1.165) is 35.2 Å². The van der Waals surface area contributed by atoms with Crippen molar-refractivity contribution in [1.29, 1.82) is 0 Å². The Hall–Kier alpha value is -6.69. The van der Waals surface area contributed by atoms with Gasteiger partial charge in [0.05, 0.1) is 5.69 Å². The predicted octanol–water partition coefficient (Wildman–Crippen LogP) is 13.4. The molecule has 11 rings (SSSR count). The highest BCUT2D eigenvalue weighted by Crippen LogP contribution is 2.53. The molecule has 5 heteroatoms. The SMILES string of the molecule is C1=CCC(c2ccc3sc4ccc(C5=CCC6C(=C5)N(c5ccccc5)c5cc(-c7nc(-c8ccccc8)nc(-c8ccccc8)n7)ccc56)cc4c3c2)C=C1. The molecule has 4 nitrogen and oxygen atoms in total. The van der Waals surface area contributed by atoms with Crippen molar-refractivity contribution in [3.05, 3.63) is 204 Å². The third-order valence-corrected chi connectivity index (χ3v) is 12.5. The van der Waals surface area contributed by atoms with E-state index in [4.69, 9.17) is 15.0 Å². The molecule has 56 heavy (non-hydrogen) atoms. The number of nitrogens with zero attached hydrogens (tertiary/aromatic N) is 4. The minimum Gasteiger partial charge on any atom is -0.313 e. The molecule has 2 aromatic heterocycles. The van der Waals surface area contributed by atoms with Gasteiger partial charge in [0, 0.05) is 60.1 Å². The van der Waals surface area contributed by atoms with Crippen LogP contribution in [0.25, 0.3) is 59.9 Å². The van der Waals surface area contributed by atoms with E-state index in [1.807, 2.05) is 47.7 Å². The molecule has 0 bridgehead atoms. The summed E-state index contributed by atoms with van der Waals surface area (Å²) >= 11 is 1.89. The Kier molecular flexibility index (Phi) is 7.92. The highest BCUT2D eigenvalue weighted by molar-refractivity contribution is 7.25. The van der Waals surface area contributed by atoms with E-state index in [1.54, 1.807) is 0 Å². The molecule has 0 fully saturated rings. The zero-order valence-electron chi connectivity index (χ0n) is 30.6. The van der Waals surface area contributed by atoms with Crippen LogP contribution in [-0.2, 0) is 0 Å². The molecule has 0 saturated heterocycles. The quantitative estimate of drug-likeness (QED) is 0.170. The summed E-state index contributed by atoms with van der Waals surface area (Å²) in [7, 11) is 0. The van der Waals surface area contributed by atoms with Crippen molar-refractivity contribution in [2.24, 2.45) is 0 Å². The minimum absolute atomic E-state index is 0.243. The highest BCUT2D eigenvalue weighted by Gasteiger charge is 2.36. The van der Waals surface area contributed by atoms with E-state index < -0.39 is 0 Å². The van der Waals surface area contributed by atoms with Crippen LogP contribution in [0.5, 0.6) is 0 Å². The summed E-state index contributed by atoms with van der Waals surface area (Å²) in [5.74, 6) is 2.66. The van der Waals surface area contributed by atoms with E-state index in [2.05, 4.69) is 151 Å². The lowest BCUT2D eigenvalue weighted by molar-refractivity contribution is 0.823. The summed E-state index contributed by atoms with van der Waals surface area (Å²) in [5, 5.41) is 2.69. The fourth-order valence-electron chi connectivity index (χ4n) is 8.54. The van der Waals surface area contributed by atoms with Crippen molar-refractivity contribution in [1.82, 2.24) is 15.0 Å². The van der Waals surface area contributed by atoms with Crippen molar-refractivity contribution < 1.29 is 0 Å². The van der Waals surface area contributed by atoms with Gasteiger partial charge >= 0.3 is 0 Å². The Balaban J connectivity index is 1.00. The molecule has 3 aliphatic rings. The van der Waals surface area contributed by atoms with Crippen LogP contribution in [0, 0.1) is 0 Å². The zero-order chi connectivity index (χ0) is 37.0. The smallest absolute Gasteiger partial charge is 0.164 e. The molecule has 3 heterocycles. The normalized spacial score (nSPS) is 17.2. The average Bonchev–Trinajstić information content (AvgIpc) is 3.81. The van der Waals surface area contributed by atoms with Crippen LogP contribution in [-0.4, -0.2) is 15.0 Å². The van der Waals surface area contributed by atoms with Gasteiger partial charge in [0.15, 0.2) is 17.5 Å². The first-order valence-corrected chi connectivity index (χ1v) is 20.1. The summed E-state index contributed by atoms with van der Waals surface area (Å²) in [6, 6.07) is 51.9. The standard InChI is InChI=1S/C51H36N4S/c1-5-13-33(14-6-1)36-23-27-47-43(29-36)44-30-37(24-28-48(44)56-47)38-21-25-41-42-26-22-39(32-46(42)55(45(41)31-38)40-19-11-4-12-20-40)51-53-49(34-15-7-2-8-16-34)52-50(54-51)35-17-9-3-10-18-35/h1-13,15-24,26-33,41H,14,25H2. The van der Waals surface area contributed by atoms with Gasteiger partial charge < -0.3 is 4.90 Å². The predicted molar refractivity (Wildman–Crippen MR) is 233 cm³/mol. The van der Waals surface area contributed by atoms with Crippen LogP contribution in [0.15, 0.2) is 188 Å². The first-order valence-electron chi connectivity index (χ1n) is 19.3. The van der Waals surface area contributed by atoms with Crippen molar-refractivity contribution in [3.8, 4) is 34.2 Å². The Bertz CT molecular complexity index is 2860. The summed E-state index contributed by atoms with van der Waals surface area (Å²) in [4.78, 5) is 17.5. The third-order valence-electron chi connectivity index (χ3n) is 11.3. The van der Waals surface area contributed by atoms with Gasteiger partial charge in [-0.25, -0.2) is 15.0 Å². The second-order valence-electron chi connectivity index (χ2n) is 14.7. The van der Waals surface area contributed by atoms with Gasteiger partial charge in [-0.05, 0) is 83.6 Å². The van der Waals surface area contributed by atoms with Gasteiger partial charge in [-0.1, -0.05) is 134 Å². The Morgan fingerprint density at radius 3 is 1.89 bits per heavy atom. The number of hydrogen-bond acceptors (Lipinski definition) is 5. The second-order valence-corrected chi connectivity index (χ2v) is 15.8. The monoisotopic (exact) mass is 736 g/mol. The fraction of sp³-hybridized carbons (Fsp3) is 0.0784. The molecule has 0 spiro atoms. The van der Waals surface area contributed by atoms with Crippen molar-refractivity contribution in [3.63, 3.8) is 0 Å². The van der Waals surface area contributed by atoms with Crippen LogP contribution in [0.2, 0.25) is 0 Å². The number of thiophene rings is 1. The van der Waals surface area contributed by atoms with E-state index >= 15 is 0 Å². The minimum atomic E-state index is 0.243. The molecular weight excluding hydrogens is 701 g/mol. The number of hydrogen-bond donors (Lipinski definition) is 0. The maximum Gasteiger partial charge on any atom is 0.164 e. The van der Waals surface area contributed by atoms with Gasteiger partial charge in [0.2, 0.25) is 0 Å². The molecule has 1 aliphatic heterocycles. The van der Waals surface area contributed by atoms with Crippen molar-refractivity contribution in [2.75, 3.05) is 4.90 Å². The molecule has 0 amide bonds. The van der Waals surface area contributed by atoms with Gasteiger partial charge in [0.1, 0.15) is 0 Å². The molecule has 0 saturated carbocycles. The molecule has 0 N–H and O–H groups in total. The maximum absolute atomic E-state index is 5.07. The van der Waals surface area contributed by atoms with Gasteiger partial charge in [-0.3, -0.25) is 0 Å². The van der Waals surface area contributed by atoms with Crippen LogP contribution in [0.3, 0.4) is 0 Å². The van der Waals surface area contributed by atoms with E-state index in [0.29, 0.717) is 23.4 Å². The molecule has 2 aliphatic carbocycles. The summed E-state index contributed by atoms with van der Waals surface area (Å²) in [5.41, 5.74) is 11.7. The lowest BCUT2D eigenvalue weighted by Gasteiger charge is -2.26. The van der Waals surface area contributed by atoms with Crippen molar-refractivity contribution >= 4 is 48.5 Å². The largest absolute Gasteiger partial charge is 0.313 e. The number of para-hydroxylation sites is 1. The third kappa shape index (κ3) is 5.71. The topological polar surface area (TPSA) is 41.9 Å². The molecule has 0 radical (unpaired) electrons. The molecule has 2 unspecified atom stereocenters. The number of benzene rings is 6. The van der Waals surface area contributed by atoms with Gasteiger partial charge in [-0.15, -0.1) is 11.3 Å².